The van der Waals surface area contributed by atoms with Gasteiger partial charge < -0.3 is 20.1 Å². The van der Waals surface area contributed by atoms with E-state index >= 15 is 0 Å². The van der Waals surface area contributed by atoms with E-state index in [1.165, 1.54) is 11.3 Å². The zero-order valence-corrected chi connectivity index (χ0v) is 17.9. The molecule has 1 aromatic heterocycles. The number of thiazole rings is 1. The predicted molar refractivity (Wildman–Crippen MR) is 117 cm³/mol. The minimum absolute atomic E-state index is 0.0247. The van der Waals surface area contributed by atoms with E-state index in [9.17, 15) is 4.79 Å². The van der Waals surface area contributed by atoms with Gasteiger partial charge in [-0.1, -0.05) is 23.7 Å². The number of nitrogens with one attached hydrogen (secondary N) is 2. The Bertz CT molecular complexity index is 976. The third-order valence-electron chi connectivity index (χ3n) is 4.37. The number of hydrogen-bond acceptors (Lipinski definition) is 6. The molecule has 0 saturated carbocycles. The van der Waals surface area contributed by atoms with E-state index < -0.39 is 0 Å². The second-order valence-electron chi connectivity index (χ2n) is 6.31. The number of benzene rings is 2. The van der Waals surface area contributed by atoms with Gasteiger partial charge in [0.25, 0.3) is 0 Å². The maximum Gasteiger partial charge on any atom is 0.240 e. The topological polar surface area (TPSA) is 72.5 Å². The molecule has 0 aliphatic heterocycles. The molecule has 0 radical (unpaired) electrons. The van der Waals surface area contributed by atoms with E-state index in [4.69, 9.17) is 21.1 Å². The number of rotatable bonds is 8. The highest BCUT2D eigenvalue weighted by atomic mass is 35.5. The maximum atomic E-state index is 12.3. The highest BCUT2D eigenvalue weighted by molar-refractivity contribution is 7.14. The Hall–Kier alpha value is -2.61. The van der Waals surface area contributed by atoms with E-state index in [2.05, 4.69) is 15.6 Å². The number of amides is 1. The first-order valence-corrected chi connectivity index (χ1v) is 10.2. The summed E-state index contributed by atoms with van der Waals surface area (Å²) < 4.78 is 10.6. The summed E-state index contributed by atoms with van der Waals surface area (Å²) in [5.74, 6) is 1.13. The van der Waals surface area contributed by atoms with E-state index in [-0.39, 0.29) is 18.5 Å². The van der Waals surface area contributed by atoms with Crippen LogP contribution in [0.1, 0.15) is 18.5 Å². The predicted octanol–water partition coefficient (Wildman–Crippen LogP) is 4.77. The Balaban J connectivity index is 1.58. The zero-order chi connectivity index (χ0) is 20.8. The summed E-state index contributed by atoms with van der Waals surface area (Å²) in [6.07, 6.45) is 0. The normalized spacial score (nSPS) is 11.7. The third-order valence-corrected chi connectivity index (χ3v) is 5.38. The molecule has 3 rings (SSSR count). The largest absolute Gasteiger partial charge is 0.493 e. The number of carbonyl (C=O) groups excluding carboxylic acids is 1. The SMILES string of the molecule is COc1ccc(-c2csc(NC(=O)CN[C@H](C)c3ccc(Cl)cc3)n2)cc1OC. The van der Waals surface area contributed by atoms with Gasteiger partial charge in [-0.05, 0) is 42.8 Å². The van der Waals surface area contributed by atoms with Gasteiger partial charge in [0.1, 0.15) is 0 Å². The maximum absolute atomic E-state index is 12.3. The molecular weight excluding hydrogens is 410 g/mol. The van der Waals surface area contributed by atoms with Crippen LogP contribution < -0.4 is 20.1 Å². The van der Waals surface area contributed by atoms with Crippen molar-refractivity contribution in [3.05, 3.63) is 58.4 Å². The molecule has 3 aromatic rings. The van der Waals surface area contributed by atoms with Gasteiger partial charge in [0.15, 0.2) is 16.6 Å². The molecular formula is C21H22ClN3O3S. The fraction of sp³-hybridized carbons (Fsp3) is 0.238. The zero-order valence-electron chi connectivity index (χ0n) is 16.4. The van der Waals surface area contributed by atoms with E-state index in [1.807, 2.05) is 54.8 Å². The minimum atomic E-state index is -0.154. The molecule has 152 valence electrons. The number of anilines is 1. The summed E-state index contributed by atoms with van der Waals surface area (Å²) in [7, 11) is 3.18. The van der Waals surface area contributed by atoms with Crippen molar-refractivity contribution >= 4 is 34.0 Å². The van der Waals surface area contributed by atoms with Gasteiger partial charge in [-0.15, -0.1) is 11.3 Å². The number of hydrogen-bond donors (Lipinski definition) is 2. The van der Waals surface area contributed by atoms with Crippen LogP contribution in [-0.4, -0.2) is 31.7 Å². The number of methoxy groups -OCH3 is 2. The number of nitrogens with zero attached hydrogens (tertiary/aromatic N) is 1. The van der Waals surface area contributed by atoms with Crippen molar-refractivity contribution in [3.8, 4) is 22.8 Å². The van der Waals surface area contributed by atoms with Gasteiger partial charge in [0.2, 0.25) is 5.91 Å². The van der Waals surface area contributed by atoms with Crippen LogP contribution in [0.5, 0.6) is 11.5 Å². The summed E-state index contributed by atoms with van der Waals surface area (Å²) in [5, 5.41) is 9.14. The first-order valence-electron chi connectivity index (χ1n) is 8.96. The molecule has 2 aromatic carbocycles. The van der Waals surface area contributed by atoms with E-state index in [0.717, 1.165) is 16.8 Å². The van der Waals surface area contributed by atoms with Crippen LogP contribution in [-0.2, 0) is 4.79 Å². The molecule has 1 atom stereocenters. The Kier molecular flexibility index (Phi) is 7.09. The quantitative estimate of drug-likeness (QED) is 0.537. The molecule has 0 aliphatic carbocycles. The van der Waals surface area contributed by atoms with Crippen LogP contribution in [0.2, 0.25) is 5.02 Å². The Morgan fingerprint density at radius 2 is 1.86 bits per heavy atom. The number of aromatic nitrogens is 1. The van der Waals surface area contributed by atoms with Crippen LogP contribution in [0, 0.1) is 0 Å². The molecule has 8 heteroatoms. The van der Waals surface area contributed by atoms with E-state index in [1.54, 1.807) is 14.2 Å². The first kappa shape index (κ1) is 21.1. The molecule has 2 N–H and O–H groups in total. The van der Waals surface area contributed by atoms with Gasteiger partial charge in [-0.2, -0.15) is 0 Å². The fourth-order valence-electron chi connectivity index (χ4n) is 2.74. The molecule has 0 saturated heterocycles. The molecule has 0 spiro atoms. The van der Waals surface area contributed by atoms with Crippen molar-refractivity contribution in [2.75, 3.05) is 26.1 Å². The van der Waals surface area contributed by atoms with Crippen LogP contribution >= 0.6 is 22.9 Å². The molecule has 1 heterocycles. The lowest BCUT2D eigenvalue weighted by Gasteiger charge is -2.13. The van der Waals surface area contributed by atoms with Crippen LogP contribution in [0.25, 0.3) is 11.3 Å². The van der Waals surface area contributed by atoms with Crippen molar-refractivity contribution in [2.24, 2.45) is 0 Å². The first-order chi connectivity index (χ1) is 14.0. The minimum Gasteiger partial charge on any atom is -0.493 e. The van der Waals surface area contributed by atoms with Gasteiger partial charge in [-0.3, -0.25) is 4.79 Å². The second-order valence-corrected chi connectivity index (χ2v) is 7.60. The van der Waals surface area contributed by atoms with Gasteiger partial charge in [0.05, 0.1) is 26.5 Å². The highest BCUT2D eigenvalue weighted by Gasteiger charge is 2.12. The van der Waals surface area contributed by atoms with Gasteiger partial charge in [0, 0.05) is 22.0 Å². The van der Waals surface area contributed by atoms with Gasteiger partial charge in [-0.25, -0.2) is 4.98 Å². The average Bonchev–Trinajstić information content (AvgIpc) is 3.20. The van der Waals surface area contributed by atoms with Crippen LogP contribution in [0.3, 0.4) is 0 Å². The van der Waals surface area contributed by atoms with Crippen molar-refractivity contribution < 1.29 is 14.3 Å². The number of halogens is 1. The molecule has 0 aliphatic rings. The summed E-state index contributed by atoms with van der Waals surface area (Å²) in [4.78, 5) is 16.8. The summed E-state index contributed by atoms with van der Waals surface area (Å²) in [6.45, 7) is 2.17. The monoisotopic (exact) mass is 431 g/mol. The highest BCUT2D eigenvalue weighted by Crippen LogP contribution is 2.33. The molecule has 0 unspecified atom stereocenters. The van der Waals surface area contributed by atoms with Crippen LogP contribution in [0.4, 0.5) is 5.13 Å². The number of carbonyl (C=O) groups is 1. The summed E-state index contributed by atoms with van der Waals surface area (Å²) in [6, 6.07) is 13.2. The molecule has 0 fully saturated rings. The van der Waals surface area contributed by atoms with Crippen LogP contribution in [0.15, 0.2) is 47.8 Å². The Morgan fingerprint density at radius 3 is 2.55 bits per heavy atom. The molecule has 0 bridgehead atoms. The lowest BCUT2D eigenvalue weighted by Crippen LogP contribution is -2.30. The Morgan fingerprint density at radius 1 is 1.14 bits per heavy atom. The van der Waals surface area contributed by atoms with Gasteiger partial charge >= 0.3 is 0 Å². The molecule has 29 heavy (non-hydrogen) atoms. The molecule has 1 amide bonds. The lowest BCUT2D eigenvalue weighted by molar-refractivity contribution is -0.115. The van der Waals surface area contributed by atoms with E-state index in [0.29, 0.717) is 21.7 Å². The Labute approximate surface area is 178 Å². The summed E-state index contributed by atoms with van der Waals surface area (Å²) >= 11 is 7.28. The molecule has 6 nitrogen and oxygen atoms in total. The number of ether oxygens (including phenoxy) is 2. The van der Waals surface area contributed by atoms with Crippen molar-refractivity contribution in [1.29, 1.82) is 0 Å². The average molecular weight is 432 g/mol. The standard InChI is InChI=1S/C21H22ClN3O3S/c1-13(14-4-7-16(22)8-5-14)23-11-20(26)25-21-24-17(12-29-21)15-6-9-18(27-2)19(10-15)28-3/h4-10,12-13,23H,11H2,1-3H3,(H,24,25,26)/t13-/m1/s1. The van der Waals surface area contributed by atoms with Crippen molar-refractivity contribution in [1.82, 2.24) is 10.3 Å². The van der Waals surface area contributed by atoms with Crippen molar-refractivity contribution in [3.63, 3.8) is 0 Å². The second kappa shape index (κ2) is 9.73. The van der Waals surface area contributed by atoms with Crippen molar-refractivity contribution in [2.45, 2.75) is 13.0 Å². The summed E-state index contributed by atoms with van der Waals surface area (Å²) in [5.41, 5.74) is 2.70. The third kappa shape index (κ3) is 5.47. The smallest absolute Gasteiger partial charge is 0.240 e. The lowest BCUT2D eigenvalue weighted by atomic mass is 10.1. The fourth-order valence-corrected chi connectivity index (χ4v) is 3.60.